The van der Waals surface area contributed by atoms with Gasteiger partial charge < -0.3 is 15.5 Å². The van der Waals surface area contributed by atoms with Gasteiger partial charge in [0.05, 0.1) is 18.8 Å². The van der Waals surface area contributed by atoms with E-state index >= 15 is 0 Å². The SMILES string of the molecule is C.CCCCCc1ccc(/C=C/[C@H](O)[C@@H](CO)NC)cc1. The monoisotopic (exact) mass is 293 g/mol. The van der Waals surface area contributed by atoms with E-state index in [4.69, 9.17) is 5.11 Å². The first-order valence-corrected chi connectivity index (χ1v) is 7.44. The van der Waals surface area contributed by atoms with Crippen LogP contribution in [-0.4, -0.2) is 36.0 Å². The summed E-state index contributed by atoms with van der Waals surface area (Å²) in [5.41, 5.74) is 2.43. The highest BCUT2D eigenvalue weighted by atomic mass is 16.3. The molecule has 0 bridgehead atoms. The number of nitrogens with one attached hydrogen (secondary N) is 1. The molecule has 0 saturated heterocycles. The molecule has 0 aliphatic carbocycles. The Morgan fingerprint density at radius 3 is 2.38 bits per heavy atom. The van der Waals surface area contributed by atoms with Crippen LogP contribution >= 0.6 is 0 Å². The van der Waals surface area contributed by atoms with Gasteiger partial charge >= 0.3 is 0 Å². The molecule has 0 radical (unpaired) electrons. The summed E-state index contributed by atoms with van der Waals surface area (Å²) in [7, 11) is 1.73. The molecular formula is C18H31NO2. The van der Waals surface area contributed by atoms with Crippen molar-refractivity contribution in [1.29, 1.82) is 0 Å². The van der Waals surface area contributed by atoms with Crippen LogP contribution in [0.4, 0.5) is 0 Å². The van der Waals surface area contributed by atoms with Gasteiger partial charge in [0.15, 0.2) is 0 Å². The summed E-state index contributed by atoms with van der Waals surface area (Å²) >= 11 is 0. The van der Waals surface area contributed by atoms with E-state index in [0.717, 1.165) is 12.0 Å². The van der Waals surface area contributed by atoms with Crippen molar-refractivity contribution < 1.29 is 10.2 Å². The fourth-order valence-corrected chi connectivity index (χ4v) is 2.09. The molecule has 0 aromatic heterocycles. The summed E-state index contributed by atoms with van der Waals surface area (Å²) in [5, 5.41) is 21.8. The molecule has 0 aliphatic heterocycles. The second kappa shape index (κ2) is 11.5. The third kappa shape index (κ3) is 7.42. The van der Waals surface area contributed by atoms with Crippen molar-refractivity contribution in [2.24, 2.45) is 0 Å². The van der Waals surface area contributed by atoms with Gasteiger partial charge in [-0.25, -0.2) is 0 Å². The number of aliphatic hydroxyl groups excluding tert-OH is 2. The zero-order chi connectivity index (χ0) is 14.8. The molecule has 0 aliphatic rings. The van der Waals surface area contributed by atoms with Crippen LogP contribution in [0.1, 0.15) is 44.7 Å². The average Bonchev–Trinajstić information content (AvgIpc) is 2.48. The maximum Gasteiger partial charge on any atom is 0.0899 e. The van der Waals surface area contributed by atoms with Crippen LogP contribution in [0.5, 0.6) is 0 Å². The average molecular weight is 293 g/mol. The molecule has 120 valence electrons. The Balaban J connectivity index is 0.00000400. The van der Waals surface area contributed by atoms with E-state index in [1.807, 2.05) is 6.08 Å². The van der Waals surface area contributed by atoms with Crippen LogP contribution in [0.2, 0.25) is 0 Å². The van der Waals surface area contributed by atoms with Crippen molar-refractivity contribution in [1.82, 2.24) is 5.32 Å². The molecule has 0 heterocycles. The van der Waals surface area contributed by atoms with E-state index in [1.165, 1.54) is 24.8 Å². The lowest BCUT2D eigenvalue weighted by molar-refractivity contribution is 0.128. The summed E-state index contributed by atoms with van der Waals surface area (Å²) in [6.45, 7) is 2.13. The van der Waals surface area contributed by atoms with E-state index in [9.17, 15) is 5.11 Å². The van der Waals surface area contributed by atoms with Crippen LogP contribution in [0.3, 0.4) is 0 Å². The lowest BCUT2D eigenvalue weighted by Crippen LogP contribution is -2.39. The van der Waals surface area contributed by atoms with Gasteiger partial charge in [0.1, 0.15) is 0 Å². The van der Waals surface area contributed by atoms with Crippen molar-refractivity contribution in [3.8, 4) is 0 Å². The van der Waals surface area contributed by atoms with Gasteiger partial charge in [0.25, 0.3) is 0 Å². The number of aryl methyl sites for hydroxylation is 1. The number of hydrogen-bond acceptors (Lipinski definition) is 3. The van der Waals surface area contributed by atoms with Crippen LogP contribution in [0.15, 0.2) is 30.3 Å². The first kappa shape index (κ1) is 19.8. The normalized spacial score (nSPS) is 13.9. The van der Waals surface area contributed by atoms with E-state index in [2.05, 4.69) is 36.5 Å². The molecule has 1 aromatic carbocycles. The lowest BCUT2D eigenvalue weighted by Gasteiger charge is -2.16. The second-order valence-corrected chi connectivity index (χ2v) is 5.13. The Labute approximate surface area is 129 Å². The number of unbranched alkanes of at least 4 members (excludes halogenated alkanes) is 2. The van der Waals surface area contributed by atoms with Gasteiger partial charge in [-0.1, -0.05) is 63.6 Å². The zero-order valence-electron chi connectivity index (χ0n) is 12.5. The quantitative estimate of drug-likeness (QED) is 0.613. The third-order valence-electron chi connectivity index (χ3n) is 3.51. The van der Waals surface area contributed by atoms with E-state index in [0.29, 0.717) is 0 Å². The molecule has 1 rings (SSSR count). The Hall–Kier alpha value is -1.16. The third-order valence-corrected chi connectivity index (χ3v) is 3.51. The molecule has 0 spiro atoms. The van der Waals surface area contributed by atoms with Crippen molar-refractivity contribution in [2.75, 3.05) is 13.7 Å². The van der Waals surface area contributed by atoms with E-state index < -0.39 is 6.10 Å². The summed E-state index contributed by atoms with van der Waals surface area (Å²) < 4.78 is 0. The molecule has 3 nitrogen and oxygen atoms in total. The maximum absolute atomic E-state index is 9.86. The first-order chi connectivity index (χ1) is 9.71. The molecule has 0 amide bonds. The minimum atomic E-state index is -0.686. The Morgan fingerprint density at radius 2 is 1.86 bits per heavy atom. The molecule has 1 aromatic rings. The topological polar surface area (TPSA) is 52.5 Å². The molecule has 2 atom stereocenters. The minimum absolute atomic E-state index is 0. The maximum atomic E-state index is 9.86. The van der Waals surface area contributed by atoms with Gasteiger partial charge in [0.2, 0.25) is 0 Å². The summed E-state index contributed by atoms with van der Waals surface area (Å²) in [6, 6.07) is 8.10. The Bertz CT molecular complexity index is 383. The summed E-state index contributed by atoms with van der Waals surface area (Å²) in [4.78, 5) is 0. The lowest BCUT2D eigenvalue weighted by atomic mass is 10.0. The standard InChI is InChI=1S/C17H27NO2.CH4/c1-3-4-5-6-14-7-9-15(10-8-14)11-12-17(20)16(13-19)18-2;/h7-12,16-20H,3-6,13H2,1-2H3;1H4/b12-11+;/t16-,17+;/m1./s1. The molecule has 3 heteroatoms. The molecular weight excluding hydrogens is 262 g/mol. The fourth-order valence-electron chi connectivity index (χ4n) is 2.09. The molecule has 21 heavy (non-hydrogen) atoms. The van der Waals surface area contributed by atoms with Crippen molar-refractivity contribution >= 4 is 6.08 Å². The largest absolute Gasteiger partial charge is 0.395 e. The number of likely N-dealkylation sites (N-methyl/N-ethyl adjacent to an activating group) is 1. The molecule has 0 fully saturated rings. The van der Waals surface area contributed by atoms with Crippen molar-refractivity contribution in [3.05, 3.63) is 41.5 Å². The van der Waals surface area contributed by atoms with Crippen molar-refractivity contribution in [3.63, 3.8) is 0 Å². The molecule has 3 N–H and O–H groups in total. The fraction of sp³-hybridized carbons (Fsp3) is 0.556. The second-order valence-electron chi connectivity index (χ2n) is 5.13. The predicted molar refractivity (Wildman–Crippen MR) is 91.4 cm³/mol. The Morgan fingerprint density at radius 1 is 1.19 bits per heavy atom. The van der Waals surface area contributed by atoms with Crippen LogP contribution < -0.4 is 5.32 Å². The number of rotatable bonds is 9. The van der Waals surface area contributed by atoms with Gasteiger partial charge in [-0.05, 0) is 31.0 Å². The van der Waals surface area contributed by atoms with Gasteiger partial charge in [-0.15, -0.1) is 0 Å². The number of hydrogen-bond donors (Lipinski definition) is 3. The van der Waals surface area contributed by atoms with Crippen LogP contribution in [-0.2, 0) is 6.42 Å². The van der Waals surface area contributed by atoms with Gasteiger partial charge in [-0.2, -0.15) is 0 Å². The highest BCUT2D eigenvalue weighted by Crippen LogP contribution is 2.10. The van der Waals surface area contributed by atoms with Gasteiger partial charge in [0, 0.05) is 0 Å². The van der Waals surface area contributed by atoms with Crippen molar-refractivity contribution in [2.45, 2.75) is 52.2 Å². The highest BCUT2D eigenvalue weighted by molar-refractivity contribution is 5.50. The zero-order valence-corrected chi connectivity index (χ0v) is 12.5. The summed E-state index contributed by atoms with van der Waals surface area (Å²) in [5.74, 6) is 0. The van der Waals surface area contributed by atoms with E-state index in [-0.39, 0.29) is 20.1 Å². The van der Waals surface area contributed by atoms with Gasteiger partial charge in [-0.3, -0.25) is 0 Å². The van der Waals surface area contributed by atoms with E-state index in [1.54, 1.807) is 13.1 Å². The van der Waals surface area contributed by atoms with Crippen LogP contribution in [0.25, 0.3) is 6.08 Å². The molecule has 0 saturated carbocycles. The Kier molecular flexibility index (Phi) is 10.9. The predicted octanol–water partition coefficient (Wildman–Crippen LogP) is 3.01. The first-order valence-electron chi connectivity index (χ1n) is 7.44. The number of aliphatic hydroxyl groups is 2. The van der Waals surface area contributed by atoms with Crippen LogP contribution in [0, 0.1) is 0 Å². The summed E-state index contributed by atoms with van der Waals surface area (Å²) in [6.07, 6.45) is 7.81. The minimum Gasteiger partial charge on any atom is -0.395 e. The highest BCUT2D eigenvalue weighted by Gasteiger charge is 2.12. The number of benzene rings is 1. The molecule has 0 unspecified atom stereocenters. The smallest absolute Gasteiger partial charge is 0.0899 e.